The second kappa shape index (κ2) is 10.0. The molecule has 0 saturated carbocycles. The summed E-state index contributed by atoms with van der Waals surface area (Å²) in [4.78, 5) is 4.34. The van der Waals surface area contributed by atoms with E-state index in [9.17, 15) is 4.39 Å². The molecule has 3 aromatic carbocycles. The molecular weight excluding hydrogens is 387 g/mol. The molecule has 0 aliphatic heterocycles. The van der Waals surface area contributed by atoms with E-state index in [1.807, 2.05) is 48.5 Å². The largest absolute Gasteiger partial charge is 0.488 e. The fraction of sp³-hybridized carbons (Fsp3) is 0.125. The molecule has 29 heavy (non-hydrogen) atoms. The number of aromatic nitrogens is 1. The summed E-state index contributed by atoms with van der Waals surface area (Å²) in [6, 6.07) is 24.8. The van der Waals surface area contributed by atoms with Crippen LogP contribution in [0.5, 0.6) is 5.75 Å². The Morgan fingerprint density at radius 3 is 2.45 bits per heavy atom. The molecule has 1 aromatic heterocycles. The number of ether oxygens (including phenoxy) is 1. The zero-order valence-corrected chi connectivity index (χ0v) is 16.7. The molecular formula is C24H22ClFN2O. The molecule has 0 unspecified atom stereocenters. The smallest absolute Gasteiger partial charge is 0.129 e. The van der Waals surface area contributed by atoms with Crippen LogP contribution in [0.3, 0.4) is 0 Å². The van der Waals surface area contributed by atoms with E-state index in [0.29, 0.717) is 18.7 Å². The zero-order chi connectivity index (χ0) is 19.2. The molecule has 4 aromatic rings. The lowest BCUT2D eigenvalue weighted by Crippen LogP contribution is -2.15. The minimum Gasteiger partial charge on any atom is -0.488 e. The van der Waals surface area contributed by atoms with Gasteiger partial charge in [-0.15, -0.1) is 12.4 Å². The summed E-state index contributed by atoms with van der Waals surface area (Å²) in [5, 5.41) is 5.72. The van der Waals surface area contributed by atoms with Gasteiger partial charge >= 0.3 is 0 Å². The molecule has 0 fully saturated rings. The van der Waals surface area contributed by atoms with E-state index in [0.717, 1.165) is 27.8 Å². The molecule has 1 heterocycles. The van der Waals surface area contributed by atoms with Crippen molar-refractivity contribution >= 4 is 23.2 Å². The van der Waals surface area contributed by atoms with Gasteiger partial charge in [0.1, 0.15) is 18.2 Å². The van der Waals surface area contributed by atoms with Gasteiger partial charge in [0.25, 0.3) is 0 Å². The summed E-state index contributed by atoms with van der Waals surface area (Å²) in [6.07, 6.45) is 1.79. The maximum Gasteiger partial charge on any atom is 0.129 e. The second-order valence-electron chi connectivity index (χ2n) is 6.57. The number of halogens is 2. The molecule has 0 atom stereocenters. The van der Waals surface area contributed by atoms with E-state index in [4.69, 9.17) is 4.74 Å². The predicted octanol–water partition coefficient (Wildman–Crippen LogP) is 5.66. The van der Waals surface area contributed by atoms with Gasteiger partial charge in [-0.05, 0) is 35.0 Å². The van der Waals surface area contributed by atoms with E-state index in [1.54, 1.807) is 18.3 Å². The summed E-state index contributed by atoms with van der Waals surface area (Å²) in [7, 11) is 0. The van der Waals surface area contributed by atoms with Gasteiger partial charge in [-0.25, -0.2) is 4.39 Å². The number of hydrogen-bond acceptors (Lipinski definition) is 3. The Kier molecular flexibility index (Phi) is 7.17. The highest BCUT2D eigenvalue weighted by molar-refractivity contribution is 5.87. The lowest BCUT2D eigenvalue weighted by Gasteiger charge is -2.15. The van der Waals surface area contributed by atoms with Gasteiger partial charge in [-0.2, -0.15) is 0 Å². The van der Waals surface area contributed by atoms with Crippen molar-refractivity contribution in [3.05, 3.63) is 108 Å². The van der Waals surface area contributed by atoms with Gasteiger partial charge in [-0.1, -0.05) is 54.6 Å². The Morgan fingerprint density at radius 2 is 1.62 bits per heavy atom. The molecule has 0 saturated heterocycles. The molecule has 0 amide bonds. The van der Waals surface area contributed by atoms with Crippen molar-refractivity contribution in [2.24, 2.45) is 0 Å². The Bertz CT molecular complexity index is 1070. The molecule has 3 nitrogen and oxygen atoms in total. The Hall–Kier alpha value is -2.95. The summed E-state index contributed by atoms with van der Waals surface area (Å²) < 4.78 is 20.0. The number of benzene rings is 3. The van der Waals surface area contributed by atoms with Crippen molar-refractivity contribution in [3.8, 4) is 5.75 Å². The van der Waals surface area contributed by atoms with Crippen LogP contribution in [-0.4, -0.2) is 4.98 Å². The molecule has 148 valence electrons. The van der Waals surface area contributed by atoms with Crippen LogP contribution in [0, 0.1) is 5.82 Å². The van der Waals surface area contributed by atoms with Gasteiger partial charge in [0, 0.05) is 30.4 Å². The molecule has 4 rings (SSSR count). The van der Waals surface area contributed by atoms with E-state index < -0.39 is 0 Å². The molecule has 0 aliphatic rings. The summed E-state index contributed by atoms with van der Waals surface area (Å²) in [5.41, 5.74) is 2.59. The normalized spacial score (nSPS) is 10.5. The van der Waals surface area contributed by atoms with E-state index in [-0.39, 0.29) is 24.8 Å². The van der Waals surface area contributed by atoms with Gasteiger partial charge in [0.2, 0.25) is 0 Å². The van der Waals surface area contributed by atoms with Crippen molar-refractivity contribution in [2.75, 3.05) is 0 Å². The number of fused-ring (bicyclic) bond motifs is 1. The summed E-state index contributed by atoms with van der Waals surface area (Å²) in [6.45, 7) is 1.49. The average Bonchev–Trinajstić information content (AvgIpc) is 2.74. The molecule has 1 N–H and O–H groups in total. The third-order valence-electron chi connectivity index (χ3n) is 4.67. The number of pyridine rings is 1. The summed E-state index contributed by atoms with van der Waals surface area (Å²) >= 11 is 0. The van der Waals surface area contributed by atoms with Crippen LogP contribution in [0.2, 0.25) is 0 Å². The van der Waals surface area contributed by atoms with Gasteiger partial charge in [0.15, 0.2) is 0 Å². The van der Waals surface area contributed by atoms with Crippen LogP contribution in [-0.2, 0) is 19.7 Å². The second-order valence-corrected chi connectivity index (χ2v) is 6.57. The first kappa shape index (κ1) is 20.8. The SMILES string of the molecule is Cl.Fc1ccccc1COc1ccc2ccccc2c1CNCc1ccccn1. The maximum atomic E-state index is 13.9. The van der Waals surface area contributed by atoms with E-state index >= 15 is 0 Å². The summed E-state index contributed by atoms with van der Waals surface area (Å²) in [5.74, 6) is 0.508. The minimum atomic E-state index is -0.252. The van der Waals surface area contributed by atoms with Gasteiger partial charge in [-0.3, -0.25) is 4.98 Å². The molecule has 5 heteroatoms. The predicted molar refractivity (Wildman–Crippen MR) is 117 cm³/mol. The topological polar surface area (TPSA) is 34.1 Å². The van der Waals surface area contributed by atoms with Crippen molar-refractivity contribution in [1.29, 1.82) is 0 Å². The Labute approximate surface area is 176 Å². The highest BCUT2D eigenvalue weighted by Crippen LogP contribution is 2.29. The number of nitrogens with zero attached hydrogens (tertiary/aromatic N) is 1. The molecule has 0 bridgehead atoms. The lowest BCUT2D eigenvalue weighted by atomic mass is 10.0. The molecule has 0 radical (unpaired) electrons. The fourth-order valence-corrected chi connectivity index (χ4v) is 3.22. The number of nitrogens with one attached hydrogen (secondary N) is 1. The van der Waals surface area contributed by atoms with Crippen molar-refractivity contribution in [1.82, 2.24) is 10.3 Å². The van der Waals surface area contributed by atoms with Crippen LogP contribution in [0.25, 0.3) is 10.8 Å². The number of hydrogen-bond donors (Lipinski definition) is 1. The highest BCUT2D eigenvalue weighted by Gasteiger charge is 2.10. The fourth-order valence-electron chi connectivity index (χ4n) is 3.22. The van der Waals surface area contributed by atoms with Crippen LogP contribution in [0.1, 0.15) is 16.8 Å². The molecule has 0 spiro atoms. The van der Waals surface area contributed by atoms with Crippen LogP contribution in [0.4, 0.5) is 4.39 Å². The zero-order valence-electron chi connectivity index (χ0n) is 15.8. The van der Waals surface area contributed by atoms with E-state index in [2.05, 4.69) is 22.4 Å². The van der Waals surface area contributed by atoms with Crippen molar-refractivity contribution < 1.29 is 9.13 Å². The van der Waals surface area contributed by atoms with Crippen molar-refractivity contribution in [2.45, 2.75) is 19.7 Å². The van der Waals surface area contributed by atoms with Crippen LogP contribution in [0.15, 0.2) is 85.1 Å². The lowest BCUT2D eigenvalue weighted by molar-refractivity contribution is 0.296. The highest BCUT2D eigenvalue weighted by atomic mass is 35.5. The first-order chi connectivity index (χ1) is 13.8. The van der Waals surface area contributed by atoms with Crippen LogP contribution >= 0.6 is 12.4 Å². The van der Waals surface area contributed by atoms with Gasteiger partial charge < -0.3 is 10.1 Å². The number of rotatable bonds is 7. The van der Waals surface area contributed by atoms with Crippen LogP contribution < -0.4 is 10.1 Å². The first-order valence-corrected chi connectivity index (χ1v) is 9.29. The average molecular weight is 409 g/mol. The Morgan fingerprint density at radius 1 is 0.828 bits per heavy atom. The standard InChI is InChI=1S/C24H21FN2O.ClH/c25-23-11-4-2-8-19(23)17-28-24-13-12-18-7-1-3-10-21(18)22(24)16-26-15-20-9-5-6-14-27-20;/h1-14,26H,15-17H2;1H. The van der Waals surface area contributed by atoms with Gasteiger partial charge in [0.05, 0.1) is 5.69 Å². The third kappa shape index (κ3) is 5.11. The monoisotopic (exact) mass is 408 g/mol. The quantitative estimate of drug-likeness (QED) is 0.428. The van der Waals surface area contributed by atoms with Crippen molar-refractivity contribution in [3.63, 3.8) is 0 Å². The Balaban J connectivity index is 0.00000240. The molecule has 0 aliphatic carbocycles. The van der Waals surface area contributed by atoms with E-state index in [1.165, 1.54) is 6.07 Å². The minimum absolute atomic E-state index is 0. The maximum absolute atomic E-state index is 13.9. The first-order valence-electron chi connectivity index (χ1n) is 9.29. The third-order valence-corrected chi connectivity index (χ3v) is 4.67.